The Morgan fingerprint density at radius 3 is 2.27 bits per heavy atom. The number of ether oxygens (including phenoxy) is 1. The minimum Gasteiger partial charge on any atom is -0.494 e. The third-order valence-corrected chi connectivity index (χ3v) is 2.66. The molecule has 0 spiro atoms. The Balaban J connectivity index is 2.33. The van der Waals surface area contributed by atoms with Gasteiger partial charge in [-0.25, -0.2) is 0 Å². The fraction of sp³-hybridized carbons (Fsp3) is 0.417. The van der Waals surface area contributed by atoms with Gasteiger partial charge >= 0.3 is 12.1 Å². The molecule has 0 bridgehead atoms. The average molecular weight is 322 g/mol. The van der Waals surface area contributed by atoms with Crippen molar-refractivity contribution < 1.29 is 26.7 Å². The van der Waals surface area contributed by atoms with Crippen LogP contribution in [0.1, 0.15) is 19.2 Å². The van der Waals surface area contributed by atoms with Crippen LogP contribution in [0.15, 0.2) is 24.3 Å². The maximum absolute atomic E-state index is 13.4. The van der Waals surface area contributed by atoms with Gasteiger partial charge in [0, 0.05) is 0 Å². The summed E-state index contributed by atoms with van der Waals surface area (Å²) in [5.41, 5.74) is -0.0345. The molecule has 0 aliphatic carbocycles. The third kappa shape index (κ3) is 3.00. The Kier molecular flexibility index (Phi) is 4.29. The summed E-state index contributed by atoms with van der Waals surface area (Å²) >= 11 is 0. The molecule has 0 unspecified atom stereocenters. The molecule has 0 fully saturated rings. The normalized spacial score (nSPS) is 12.5. The van der Waals surface area contributed by atoms with Crippen molar-refractivity contribution in [2.75, 3.05) is 6.61 Å². The summed E-state index contributed by atoms with van der Waals surface area (Å²) in [6.45, 7) is 2.36. The minimum atomic E-state index is -5.79. The number of tetrazole rings is 1. The SMILES string of the molecule is CCCOc1ccc(-n2nnnc2C(F)(F)C(F)(F)F)cc1. The number of benzene rings is 1. The second-order valence-corrected chi connectivity index (χ2v) is 4.33. The zero-order valence-corrected chi connectivity index (χ0v) is 11.3. The van der Waals surface area contributed by atoms with E-state index in [-0.39, 0.29) is 5.69 Å². The van der Waals surface area contributed by atoms with Crippen LogP contribution in [0.25, 0.3) is 5.69 Å². The molecule has 2 aromatic rings. The molecule has 1 heterocycles. The van der Waals surface area contributed by atoms with Crippen molar-refractivity contribution in [1.82, 2.24) is 20.2 Å². The van der Waals surface area contributed by atoms with E-state index >= 15 is 0 Å². The van der Waals surface area contributed by atoms with Crippen LogP contribution in [0.5, 0.6) is 5.75 Å². The standard InChI is InChI=1S/C12H11F5N4O/c1-2-7-22-9-5-3-8(4-6-9)21-10(18-19-20-21)11(13,14)12(15,16)17/h3-6H,2,7H2,1H3. The van der Waals surface area contributed by atoms with E-state index in [9.17, 15) is 22.0 Å². The first-order valence-corrected chi connectivity index (χ1v) is 6.24. The Labute approximate surface area is 121 Å². The summed E-state index contributed by atoms with van der Waals surface area (Å²) in [5, 5.41) is 8.90. The molecule has 120 valence electrons. The molecule has 0 radical (unpaired) electrons. The molecule has 2 rings (SSSR count). The van der Waals surface area contributed by atoms with Crippen molar-refractivity contribution >= 4 is 0 Å². The Bertz CT molecular complexity index is 623. The lowest BCUT2D eigenvalue weighted by atomic mass is 10.2. The van der Waals surface area contributed by atoms with Gasteiger partial charge in [0.05, 0.1) is 12.3 Å². The van der Waals surface area contributed by atoms with Gasteiger partial charge in [-0.1, -0.05) is 6.92 Å². The number of aromatic nitrogens is 4. The second kappa shape index (κ2) is 5.85. The number of rotatable bonds is 5. The van der Waals surface area contributed by atoms with Crippen molar-refractivity contribution in [2.24, 2.45) is 0 Å². The summed E-state index contributed by atoms with van der Waals surface area (Å²) in [6.07, 6.45) is -5.01. The highest BCUT2D eigenvalue weighted by Crippen LogP contribution is 2.43. The Morgan fingerprint density at radius 2 is 1.73 bits per heavy atom. The van der Waals surface area contributed by atoms with Crippen molar-refractivity contribution in [3.8, 4) is 11.4 Å². The molecular weight excluding hydrogens is 311 g/mol. The van der Waals surface area contributed by atoms with E-state index in [0.717, 1.165) is 6.42 Å². The van der Waals surface area contributed by atoms with E-state index in [1.807, 2.05) is 6.92 Å². The van der Waals surface area contributed by atoms with Crippen LogP contribution in [0.4, 0.5) is 22.0 Å². The van der Waals surface area contributed by atoms with Gasteiger partial charge in [-0.05, 0) is 41.1 Å². The summed E-state index contributed by atoms with van der Waals surface area (Å²) in [4.78, 5) is 0. The first-order valence-electron chi connectivity index (χ1n) is 6.24. The van der Waals surface area contributed by atoms with E-state index in [1.165, 1.54) is 24.3 Å². The Hall–Kier alpha value is -2.26. The summed E-state index contributed by atoms with van der Waals surface area (Å²) in [6, 6.07) is 5.44. The molecule has 22 heavy (non-hydrogen) atoms. The highest BCUT2D eigenvalue weighted by atomic mass is 19.4. The smallest absolute Gasteiger partial charge is 0.461 e. The Morgan fingerprint density at radius 1 is 1.09 bits per heavy atom. The molecule has 0 saturated heterocycles. The van der Waals surface area contributed by atoms with Crippen molar-refractivity contribution in [1.29, 1.82) is 0 Å². The average Bonchev–Trinajstić information content (AvgIpc) is 2.94. The first kappa shape index (κ1) is 16.1. The molecule has 0 amide bonds. The molecule has 0 atom stereocenters. The van der Waals surface area contributed by atoms with Crippen molar-refractivity contribution in [3.05, 3.63) is 30.1 Å². The van der Waals surface area contributed by atoms with Gasteiger partial charge in [-0.15, -0.1) is 5.10 Å². The fourth-order valence-electron chi connectivity index (χ4n) is 1.59. The van der Waals surface area contributed by atoms with Crippen molar-refractivity contribution in [3.63, 3.8) is 0 Å². The predicted octanol–water partition coefficient (Wildman–Crippen LogP) is 3.11. The summed E-state index contributed by atoms with van der Waals surface area (Å²) < 4.78 is 69.6. The molecule has 1 aromatic heterocycles. The topological polar surface area (TPSA) is 52.8 Å². The molecule has 10 heteroatoms. The molecular formula is C12H11F5N4O. The van der Waals surface area contributed by atoms with Gasteiger partial charge in [0.25, 0.3) is 0 Å². The monoisotopic (exact) mass is 322 g/mol. The number of hydrogen-bond acceptors (Lipinski definition) is 4. The fourth-order valence-corrected chi connectivity index (χ4v) is 1.59. The zero-order valence-electron chi connectivity index (χ0n) is 11.3. The molecule has 0 aliphatic rings. The number of halogens is 5. The number of hydrogen-bond donors (Lipinski definition) is 0. The zero-order chi connectivity index (χ0) is 16.4. The van der Waals surface area contributed by atoms with Gasteiger partial charge < -0.3 is 4.74 Å². The van der Waals surface area contributed by atoms with Crippen LogP contribution in [-0.4, -0.2) is 33.0 Å². The van der Waals surface area contributed by atoms with Gasteiger partial charge in [0.2, 0.25) is 5.82 Å². The minimum absolute atomic E-state index is 0.0345. The van der Waals surface area contributed by atoms with E-state index in [2.05, 4.69) is 15.5 Å². The number of nitrogens with zero attached hydrogens (tertiary/aromatic N) is 4. The highest BCUT2D eigenvalue weighted by molar-refractivity contribution is 5.37. The summed E-state index contributed by atoms with van der Waals surface area (Å²) in [5.74, 6) is -6.29. The van der Waals surface area contributed by atoms with Crippen LogP contribution in [0.3, 0.4) is 0 Å². The largest absolute Gasteiger partial charge is 0.494 e. The maximum Gasteiger partial charge on any atom is 0.461 e. The number of alkyl halides is 5. The second-order valence-electron chi connectivity index (χ2n) is 4.33. The van der Waals surface area contributed by atoms with Crippen LogP contribution in [0, 0.1) is 0 Å². The molecule has 1 aromatic carbocycles. The predicted molar refractivity (Wildman–Crippen MR) is 64.9 cm³/mol. The van der Waals surface area contributed by atoms with Gasteiger partial charge in [-0.3, -0.25) is 0 Å². The lowest BCUT2D eigenvalue weighted by Crippen LogP contribution is -2.36. The van der Waals surface area contributed by atoms with Crippen molar-refractivity contribution in [2.45, 2.75) is 25.4 Å². The summed E-state index contributed by atoms with van der Waals surface area (Å²) in [7, 11) is 0. The molecule has 0 aliphatic heterocycles. The molecule has 0 N–H and O–H groups in total. The first-order chi connectivity index (χ1) is 10.3. The van der Waals surface area contributed by atoms with E-state index < -0.39 is 17.9 Å². The van der Waals surface area contributed by atoms with Gasteiger partial charge in [-0.2, -0.15) is 26.6 Å². The quantitative estimate of drug-likeness (QED) is 0.794. The third-order valence-electron chi connectivity index (χ3n) is 2.66. The van der Waals surface area contributed by atoms with E-state index in [0.29, 0.717) is 17.0 Å². The van der Waals surface area contributed by atoms with Crippen LogP contribution in [-0.2, 0) is 5.92 Å². The lowest BCUT2D eigenvalue weighted by molar-refractivity contribution is -0.293. The van der Waals surface area contributed by atoms with Gasteiger partial charge in [0.1, 0.15) is 5.75 Å². The van der Waals surface area contributed by atoms with Crippen LogP contribution >= 0.6 is 0 Å². The van der Waals surface area contributed by atoms with Crippen LogP contribution in [0.2, 0.25) is 0 Å². The maximum atomic E-state index is 13.4. The van der Waals surface area contributed by atoms with Gasteiger partial charge in [0.15, 0.2) is 0 Å². The van der Waals surface area contributed by atoms with E-state index in [4.69, 9.17) is 4.74 Å². The molecule has 0 saturated carbocycles. The lowest BCUT2D eigenvalue weighted by Gasteiger charge is -2.18. The van der Waals surface area contributed by atoms with Crippen LogP contribution < -0.4 is 4.74 Å². The highest BCUT2D eigenvalue weighted by Gasteiger charge is 2.62. The molecule has 5 nitrogen and oxygen atoms in total. The van der Waals surface area contributed by atoms with E-state index in [1.54, 1.807) is 0 Å².